The van der Waals surface area contributed by atoms with E-state index in [4.69, 9.17) is 11.6 Å². The Balaban J connectivity index is 2.15. The Morgan fingerprint density at radius 3 is 2.25 bits per heavy atom. The summed E-state index contributed by atoms with van der Waals surface area (Å²) in [6, 6.07) is 5.55. The van der Waals surface area contributed by atoms with E-state index in [-0.39, 0.29) is 16.4 Å². The average molecular weight is 356 g/mol. The standard InChI is InChI=1S/C14H8ClF2N3O4/c15-9-3-2-8(20(23)24)6-11(9)18-13(21)14(22)19-12-5-7(16)1-4-10(12)17/h1-6H,(H,18,21)(H,19,22). The maximum atomic E-state index is 13.4. The Kier molecular flexibility index (Phi) is 5.05. The summed E-state index contributed by atoms with van der Waals surface area (Å²) in [4.78, 5) is 33.5. The fourth-order valence-electron chi connectivity index (χ4n) is 1.67. The number of amides is 2. The normalized spacial score (nSPS) is 10.1. The number of hydrogen-bond donors (Lipinski definition) is 2. The van der Waals surface area contributed by atoms with Crippen molar-refractivity contribution in [2.75, 3.05) is 10.6 Å². The third-order valence-electron chi connectivity index (χ3n) is 2.79. The van der Waals surface area contributed by atoms with Gasteiger partial charge in [0.1, 0.15) is 11.6 Å². The number of benzene rings is 2. The molecule has 2 N–H and O–H groups in total. The largest absolute Gasteiger partial charge is 0.316 e. The molecule has 0 atom stereocenters. The number of non-ortho nitro benzene ring substituents is 1. The van der Waals surface area contributed by atoms with Gasteiger partial charge < -0.3 is 10.6 Å². The van der Waals surface area contributed by atoms with Gasteiger partial charge in [-0.15, -0.1) is 0 Å². The number of nitrogens with zero attached hydrogens (tertiary/aromatic N) is 1. The SMILES string of the molecule is O=C(Nc1cc(F)ccc1F)C(=O)Nc1cc([N+](=O)[O-])ccc1Cl. The predicted octanol–water partition coefficient (Wildman–Crippen LogP) is 3.10. The van der Waals surface area contributed by atoms with Gasteiger partial charge in [0, 0.05) is 18.2 Å². The minimum atomic E-state index is -1.30. The molecule has 2 rings (SSSR count). The van der Waals surface area contributed by atoms with E-state index in [0.717, 1.165) is 24.3 Å². The lowest BCUT2D eigenvalue weighted by molar-refractivity contribution is -0.384. The van der Waals surface area contributed by atoms with Crippen LogP contribution in [0.25, 0.3) is 0 Å². The van der Waals surface area contributed by atoms with Crippen LogP contribution in [0.4, 0.5) is 25.8 Å². The number of halogens is 3. The van der Waals surface area contributed by atoms with Crippen molar-refractivity contribution < 1.29 is 23.3 Å². The van der Waals surface area contributed by atoms with E-state index < -0.39 is 34.1 Å². The molecule has 7 nitrogen and oxygen atoms in total. The van der Waals surface area contributed by atoms with Crippen LogP contribution in [0.3, 0.4) is 0 Å². The summed E-state index contributed by atoms with van der Waals surface area (Å²) in [5, 5.41) is 14.6. The van der Waals surface area contributed by atoms with Crippen LogP contribution in [-0.2, 0) is 9.59 Å². The lowest BCUT2D eigenvalue weighted by atomic mass is 10.2. The number of anilines is 2. The van der Waals surface area contributed by atoms with Crippen LogP contribution in [0.1, 0.15) is 0 Å². The van der Waals surface area contributed by atoms with Gasteiger partial charge in [-0.1, -0.05) is 11.6 Å². The molecule has 0 aliphatic carbocycles. The summed E-state index contributed by atoms with van der Waals surface area (Å²) in [5.41, 5.74) is -1.06. The summed E-state index contributed by atoms with van der Waals surface area (Å²) in [7, 11) is 0. The average Bonchev–Trinajstić information content (AvgIpc) is 2.52. The molecule has 0 spiro atoms. The number of carbonyl (C=O) groups is 2. The van der Waals surface area contributed by atoms with Crippen molar-refractivity contribution in [3.05, 3.63) is 63.2 Å². The molecule has 0 saturated carbocycles. The number of rotatable bonds is 3. The number of nitro benzene ring substituents is 1. The zero-order chi connectivity index (χ0) is 17.9. The Morgan fingerprint density at radius 1 is 1.00 bits per heavy atom. The van der Waals surface area contributed by atoms with Gasteiger partial charge in [-0.25, -0.2) is 8.78 Å². The minimum absolute atomic E-state index is 0.0429. The van der Waals surface area contributed by atoms with E-state index in [1.54, 1.807) is 0 Å². The molecule has 0 radical (unpaired) electrons. The number of nitrogens with one attached hydrogen (secondary N) is 2. The minimum Gasteiger partial charge on any atom is -0.316 e. The molecule has 2 aromatic rings. The lowest BCUT2D eigenvalue weighted by Gasteiger charge is -2.08. The molecule has 10 heteroatoms. The van der Waals surface area contributed by atoms with Gasteiger partial charge in [0.15, 0.2) is 0 Å². The third kappa shape index (κ3) is 4.02. The zero-order valence-corrected chi connectivity index (χ0v) is 12.4. The van der Waals surface area contributed by atoms with Crippen molar-refractivity contribution in [2.45, 2.75) is 0 Å². The van der Waals surface area contributed by atoms with Crippen molar-refractivity contribution >= 4 is 40.5 Å². The second kappa shape index (κ2) is 7.01. The Bertz CT molecular complexity index is 845. The van der Waals surface area contributed by atoms with Crippen molar-refractivity contribution in [1.82, 2.24) is 0 Å². The van der Waals surface area contributed by atoms with Crippen LogP contribution in [0.2, 0.25) is 5.02 Å². The fourth-order valence-corrected chi connectivity index (χ4v) is 1.84. The second-order valence-corrected chi connectivity index (χ2v) is 4.86. The molecule has 0 unspecified atom stereocenters. The first-order chi connectivity index (χ1) is 11.3. The maximum Gasteiger partial charge on any atom is 0.314 e. The molecule has 0 saturated heterocycles. The second-order valence-electron chi connectivity index (χ2n) is 4.45. The van der Waals surface area contributed by atoms with E-state index in [2.05, 4.69) is 5.32 Å². The van der Waals surface area contributed by atoms with Gasteiger partial charge in [-0.05, 0) is 18.2 Å². The highest BCUT2D eigenvalue weighted by Crippen LogP contribution is 2.26. The van der Waals surface area contributed by atoms with Crippen LogP contribution >= 0.6 is 11.6 Å². The predicted molar refractivity (Wildman–Crippen MR) is 81.7 cm³/mol. The van der Waals surface area contributed by atoms with Crippen molar-refractivity contribution in [3.63, 3.8) is 0 Å². The fraction of sp³-hybridized carbons (Fsp3) is 0. The Labute approximate surface area is 138 Å². The van der Waals surface area contributed by atoms with Crippen LogP contribution in [0, 0.1) is 21.7 Å². The van der Waals surface area contributed by atoms with Gasteiger partial charge in [-0.2, -0.15) is 0 Å². The summed E-state index contributed by atoms with van der Waals surface area (Å²) in [6.45, 7) is 0. The van der Waals surface area contributed by atoms with Crippen molar-refractivity contribution in [2.24, 2.45) is 0 Å². The number of carbonyl (C=O) groups excluding carboxylic acids is 2. The molecular formula is C14H8ClF2N3O4. The van der Waals surface area contributed by atoms with E-state index in [1.165, 1.54) is 6.07 Å². The zero-order valence-electron chi connectivity index (χ0n) is 11.7. The topological polar surface area (TPSA) is 101 Å². The van der Waals surface area contributed by atoms with Crippen LogP contribution in [0.15, 0.2) is 36.4 Å². The summed E-state index contributed by atoms with van der Waals surface area (Å²) in [6.07, 6.45) is 0. The van der Waals surface area contributed by atoms with Gasteiger partial charge >= 0.3 is 11.8 Å². The van der Waals surface area contributed by atoms with Gasteiger partial charge in [-0.3, -0.25) is 19.7 Å². The molecule has 0 aliphatic heterocycles. The van der Waals surface area contributed by atoms with Gasteiger partial charge in [0.2, 0.25) is 0 Å². The summed E-state index contributed by atoms with van der Waals surface area (Å²) < 4.78 is 26.4. The molecule has 0 aliphatic rings. The molecular weight excluding hydrogens is 348 g/mol. The number of hydrogen-bond acceptors (Lipinski definition) is 4. The molecule has 2 aromatic carbocycles. The molecule has 0 fully saturated rings. The van der Waals surface area contributed by atoms with Crippen LogP contribution < -0.4 is 10.6 Å². The van der Waals surface area contributed by atoms with E-state index in [0.29, 0.717) is 6.07 Å². The van der Waals surface area contributed by atoms with Crippen LogP contribution in [0.5, 0.6) is 0 Å². The van der Waals surface area contributed by atoms with Gasteiger partial charge in [0.25, 0.3) is 5.69 Å². The number of nitro groups is 1. The highest BCUT2D eigenvalue weighted by molar-refractivity contribution is 6.44. The molecule has 124 valence electrons. The van der Waals surface area contributed by atoms with E-state index >= 15 is 0 Å². The van der Waals surface area contributed by atoms with Crippen LogP contribution in [-0.4, -0.2) is 16.7 Å². The van der Waals surface area contributed by atoms with Crippen molar-refractivity contribution in [3.8, 4) is 0 Å². The highest BCUT2D eigenvalue weighted by atomic mass is 35.5. The van der Waals surface area contributed by atoms with Gasteiger partial charge in [0.05, 0.1) is 21.3 Å². The molecule has 24 heavy (non-hydrogen) atoms. The highest BCUT2D eigenvalue weighted by Gasteiger charge is 2.19. The summed E-state index contributed by atoms with van der Waals surface area (Å²) in [5.74, 6) is -4.32. The van der Waals surface area contributed by atoms with E-state index in [1.807, 2.05) is 5.32 Å². The quantitative estimate of drug-likeness (QED) is 0.501. The smallest absolute Gasteiger partial charge is 0.314 e. The molecule has 0 bridgehead atoms. The monoisotopic (exact) mass is 355 g/mol. The first kappa shape index (κ1) is 17.3. The first-order valence-electron chi connectivity index (χ1n) is 6.29. The third-order valence-corrected chi connectivity index (χ3v) is 3.12. The summed E-state index contributed by atoms with van der Waals surface area (Å²) >= 11 is 5.78. The Morgan fingerprint density at radius 2 is 1.62 bits per heavy atom. The Hall–Kier alpha value is -3.07. The van der Waals surface area contributed by atoms with E-state index in [9.17, 15) is 28.5 Å². The lowest BCUT2D eigenvalue weighted by Crippen LogP contribution is -2.29. The molecule has 2 amide bonds. The molecule has 0 aromatic heterocycles. The first-order valence-corrected chi connectivity index (χ1v) is 6.67. The van der Waals surface area contributed by atoms with Crippen molar-refractivity contribution in [1.29, 1.82) is 0 Å². The maximum absolute atomic E-state index is 13.4. The molecule has 0 heterocycles.